The summed E-state index contributed by atoms with van der Waals surface area (Å²) in [4.78, 5) is 14.8. The maximum Gasteiger partial charge on any atom is 0.261 e. The first-order chi connectivity index (χ1) is 15.0. The molecule has 6 heteroatoms. The molecule has 2 atom stereocenters. The summed E-state index contributed by atoms with van der Waals surface area (Å²) in [5.74, 6) is 0.432. The number of fused-ring (bicyclic) bond motifs is 2. The lowest BCUT2D eigenvalue weighted by molar-refractivity contribution is -0.128. The van der Waals surface area contributed by atoms with E-state index in [4.69, 9.17) is 0 Å². The van der Waals surface area contributed by atoms with Gasteiger partial charge in [0, 0.05) is 30.6 Å². The molecule has 2 unspecified atom stereocenters. The van der Waals surface area contributed by atoms with Gasteiger partial charge in [0.05, 0.1) is 11.3 Å². The predicted molar refractivity (Wildman–Crippen MR) is 124 cm³/mol. The Bertz CT molecular complexity index is 1170. The van der Waals surface area contributed by atoms with Crippen molar-refractivity contribution in [1.82, 2.24) is 4.90 Å². The van der Waals surface area contributed by atoms with Crippen LogP contribution in [-0.2, 0) is 21.2 Å². The number of carbonyl (C=O) groups excluding carboxylic acids is 1. The minimum absolute atomic E-state index is 0.0627. The number of nitrogens with zero attached hydrogens (tertiary/aromatic N) is 1. The first-order valence-electron chi connectivity index (χ1n) is 10.9. The number of allylic oxidation sites excluding steroid dienone is 8. The molecule has 0 saturated carbocycles. The number of anilines is 1. The van der Waals surface area contributed by atoms with E-state index in [1.807, 2.05) is 41.3 Å². The van der Waals surface area contributed by atoms with Crippen LogP contribution >= 0.6 is 0 Å². The van der Waals surface area contributed by atoms with E-state index < -0.39 is 10.0 Å². The molecule has 3 aliphatic carbocycles. The lowest BCUT2D eigenvalue weighted by Crippen LogP contribution is -2.27. The Morgan fingerprint density at radius 3 is 2.65 bits per heavy atom. The number of carbonyl (C=O) groups is 1. The van der Waals surface area contributed by atoms with Crippen molar-refractivity contribution in [2.24, 2.45) is 11.8 Å². The molecule has 1 aromatic rings. The Kier molecular flexibility index (Phi) is 5.18. The van der Waals surface area contributed by atoms with Crippen LogP contribution in [0, 0.1) is 11.8 Å². The normalized spacial score (nSPS) is 23.9. The Labute approximate surface area is 183 Å². The van der Waals surface area contributed by atoms with Crippen LogP contribution in [0.1, 0.15) is 30.4 Å². The molecule has 1 N–H and O–H groups in total. The zero-order valence-electron chi connectivity index (χ0n) is 17.3. The zero-order valence-corrected chi connectivity index (χ0v) is 18.1. The Morgan fingerprint density at radius 1 is 1.06 bits per heavy atom. The van der Waals surface area contributed by atoms with Gasteiger partial charge in [0.15, 0.2) is 0 Å². The molecule has 0 spiro atoms. The second kappa shape index (κ2) is 8.00. The van der Waals surface area contributed by atoms with Crippen LogP contribution in [0.4, 0.5) is 5.69 Å². The molecule has 31 heavy (non-hydrogen) atoms. The maximum atomic E-state index is 13.0. The Morgan fingerprint density at radius 2 is 1.84 bits per heavy atom. The van der Waals surface area contributed by atoms with E-state index in [1.165, 1.54) is 0 Å². The molecular formula is C25H26N2O3S. The second-order valence-corrected chi connectivity index (χ2v) is 10.2. The van der Waals surface area contributed by atoms with Crippen molar-refractivity contribution in [2.75, 3.05) is 17.8 Å². The van der Waals surface area contributed by atoms with Crippen LogP contribution < -0.4 is 4.72 Å². The van der Waals surface area contributed by atoms with Gasteiger partial charge in [0.1, 0.15) is 0 Å². The fourth-order valence-corrected chi connectivity index (χ4v) is 5.86. The third kappa shape index (κ3) is 4.04. The highest BCUT2D eigenvalue weighted by atomic mass is 32.2. The summed E-state index contributed by atoms with van der Waals surface area (Å²) in [5.41, 5.74) is 3.62. The molecular weight excluding hydrogens is 408 g/mol. The van der Waals surface area contributed by atoms with Gasteiger partial charge in [-0.05, 0) is 54.2 Å². The molecule has 4 aliphatic rings. The third-order valence-electron chi connectivity index (χ3n) is 6.45. The van der Waals surface area contributed by atoms with E-state index in [0.717, 1.165) is 49.1 Å². The largest absolute Gasteiger partial charge is 0.342 e. The third-order valence-corrected chi connectivity index (χ3v) is 7.85. The number of likely N-dealkylation sites (tertiary alicyclic amines) is 1. The lowest BCUT2D eigenvalue weighted by atomic mass is 9.85. The second-order valence-electron chi connectivity index (χ2n) is 8.53. The van der Waals surface area contributed by atoms with Crippen molar-refractivity contribution in [3.05, 3.63) is 82.8 Å². The van der Waals surface area contributed by atoms with Gasteiger partial charge in [-0.2, -0.15) is 0 Å². The number of nitrogens with one attached hydrogen (secondary N) is 1. The SMILES string of the molecule is O=C(CC1=CCc2ccc(NS(=O)(=O)C3=CC4C=CC=CC4C=C3)cc21)N1CCCC1. The smallest absolute Gasteiger partial charge is 0.261 e. The van der Waals surface area contributed by atoms with Gasteiger partial charge in [0.2, 0.25) is 5.91 Å². The Balaban J connectivity index is 1.33. The van der Waals surface area contributed by atoms with E-state index in [9.17, 15) is 13.2 Å². The van der Waals surface area contributed by atoms with Crippen LogP contribution in [0.25, 0.3) is 5.57 Å². The fraction of sp³-hybridized carbons (Fsp3) is 0.320. The highest BCUT2D eigenvalue weighted by molar-refractivity contribution is 7.96. The van der Waals surface area contributed by atoms with Gasteiger partial charge in [0.25, 0.3) is 10.0 Å². The summed E-state index contributed by atoms with van der Waals surface area (Å²) in [7, 11) is -3.69. The first-order valence-corrected chi connectivity index (χ1v) is 12.4. The minimum atomic E-state index is -3.69. The monoisotopic (exact) mass is 434 g/mol. The number of benzene rings is 1. The van der Waals surface area contributed by atoms with Gasteiger partial charge in [-0.3, -0.25) is 9.52 Å². The van der Waals surface area contributed by atoms with Gasteiger partial charge in [-0.15, -0.1) is 0 Å². The van der Waals surface area contributed by atoms with Crippen molar-refractivity contribution in [1.29, 1.82) is 0 Å². The van der Waals surface area contributed by atoms with Gasteiger partial charge < -0.3 is 4.90 Å². The quantitative estimate of drug-likeness (QED) is 0.756. The molecule has 1 fully saturated rings. The van der Waals surface area contributed by atoms with Crippen LogP contribution in [0.15, 0.2) is 71.7 Å². The topological polar surface area (TPSA) is 66.5 Å². The molecule has 0 aromatic heterocycles. The molecule has 1 aliphatic heterocycles. The van der Waals surface area contributed by atoms with Crippen molar-refractivity contribution >= 4 is 27.2 Å². The van der Waals surface area contributed by atoms with Crippen LogP contribution in [0.5, 0.6) is 0 Å². The standard InChI is InChI=1S/C25H26N2O3S/c28-25(27-13-3-4-14-27)16-21-8-7-19-9-11-22(17-24(19)21)26-31(29,30)23-12-10-18-5-1-2-6-20(18)15-23/h1-2,5-6,8-12,15,17-18,20,26H,3-4,7,13-14,16H2. The summed E-state index contributed by atoms with van der Waals surface area (Å²) in [6.45, 7) is 1.68. The maximum absolute atomic E-state index is 13.0. The van der Waals surface area contributed by atoms with Crippen molar-refractivity contribution in [3.8, 4) is 0 Å². The summed E-state index contributed by atoms with van der Waals surface area (Å²) < 4.78 is 28.8. The highest BCUT2D eigenvalue weighted by Crippen LogP contribution is 2.34. The first kappa shape index (κ1) is 20.1. The molecule has 1 heterocycles. The Hall–Kier alpha value is -2.86. The average Bonchev–Trinajstić information content (AvgIpc) is 3.44. The number of hydrogen-bond donors (Lipinski definition) is 1. The lowest BCUT2D eigenvalue weighted by Gasteiger charge is -2.23. The zero-order chi connectivity index (χ0) is 21.4. The van der Waals surface area contributed by atoms with Gasteiger partial charge in [-0.25, -0.2) is 8.42 Å². The van der Waals surface area contributed by atoms with Crippen LogP contribution in [0.2, 0.25) is 0 Å². The average molecular weight is 435 g/mol. The molecule has 0 bridgehead atoms. The van der Waals surface area contributed by atoms with Gasteiger partial charge in [-0.1, -0.05) is 48.6 Å². The van der Waals surface area contributed by atoms with E-state index in [2.05, 4.69) is 16.9 Å². The number of rotatable bonds is 5. The predicted octanol–water partition coefficient (Wildman–Crippen LogP) is 4.19. The number of sulfonamides is 1. The van der Waals surface area contributed by atoms with Crippen molar-refractivity contribution < 1.29 is 13.2 Å². The molecule has 5 nitrogen and oxygen atoms in total. The van der Waals surface area contributed by atoms with Crippen LogP contribution in [0.3, 0.4) is 0 Å². The van der Waals surface area contributed by atoms with E-state index in [0.29, 0.717) is 12.1 Å². The summed E-state index contributed by atoms with van der Waals surface area (Å²) in [6.07, 6.45) is 18.9. The number of amides is 1. The molecule has 1 amide bonds. The van der Waals surface area contributed by atoms with E-state index in [1.54, 1.807) is 18.2 Å². The van der Waals surface area contributed by atoms with Crippen LogP contribution in [-0.4, -0.2) is 32.3 Å². The summed E-state index contributed by atoms with van der Waals surface area (Å²) in [6, 6.07) is 5.61. The molecule has 160 valence electrons. The van der Waals surface area contributed by atoms with Gasteiger partial charge >= 0.3 is 0 Å². The molecule has 0 radical (unpaired) electrons. The molecule has 1 aromatic carbocycles. The molecule has 1 saturated heterocycles. The van der Waals surface area contributed by atoms with Crippen molar-refractivity contribution in [3.63, 3.8) is 0 Å². The minimum Gasteiger partial charge on any atom is -0.342 e. The highest BCUT2D eigenvalue weighted by Gasteiger charge is 2.26. The summed E-state index contributed by atoms with van der Waals surface area (Å²) in [5, 5.41) is 0. The van der Waals surface area contributed by atoms with E-state index >= 15 is 0 Å². The fourth-order valence-electron chi connectivity index (χ4n) is 4.71. The number of hydrogen-bond acceptors (Lipinski definition) is 3. The molecule has 5 rings (SSSR count). The van der Waals surface area contributed by atoms with Crippen molar-refractivity contribution in [2.45, 2.75) is 25.7 Å². The summed E-state index contributed by atoms with van der Waals surface area (Å²) >= 11 is 0. The van der Waals surface area contributed by atoms with E-state index in [-0.39, 0.29) is 22.6 Å².